The van der Waals surface area contributed by atoms with Gasteiger partial charge in [0, 0.05) is 46.5 Å². The van der Waals surface area contributed by atoms with Crippen LogP contribution in [0.15, 0.2) is 54.9 Å². The van der Waals surface area contributed by atoms with Crippen molar-refractivity contribution >= 4 is 33.6 Å². The predicted molar refractivity (Wildman–Crippen MR) is 126 cm³/mol. The molecule has 0 fully saturated rings. The molecule has 5 N–H and O–H groups in total. The third-order valence-corrected chi connectivity index (χ3v) is 5.66. The fourth-order valence-corrected chi connectivity index (χ4v) is 3.89. The van der Waals surface area contributed by atoms with Crippen LogP contribution in [-0.2, 0) is 6.42 Å². The standard InChI is InChI=1S/C24H24N6O/c1-14-22(16-4-3-15-7-9-26-21(15)11-16)29-24(30-23(14)25)27-10-8-17-13-28-20-6-5-18(31-2)12-19(17)20/h3-7,9,11-13,26,28H,8,10H2,1-2H3,(H3,25,27,29,30). The van der Waals surface area contributed by atoms with Crippen molar-refractivity contribution in [1.82, 2.24) is 19.9 Å². The Morgan fingerprint density at radius 1 is 1.03 bits per heavy atom. The van der Waals surface area contributed by atoms with Crippen LogP contribution in [0.5, 0.6) is 5.75 Å². The molecule has 0 spiro atoms. The molecule has 5 rings (SSSR count). The van der Waals surface area contributed by atoms with Crippen molar-refractivity contribution in [2.24, 2.45) is 0 Å². The van der Waals surface area contributed by atoms with E-state index in [1.807, 2.05) is 37.5 Å². The van der Waals surface area contributed by atoms with Crippen LogP contribution < -0.4 is 15.8 Å². The Bertz CT molecular complexity index is 1380. The lowest BCUT2D eigenvalue weighted by atomic mass is 10.1. The molecule has 2 aromatic carbocycles. The van der Waals surface area contributed by atoms with E-state index in [0.29, 0.717) is 18.3 Å². The molecule has 5 aromatic rings. The number of anilines is 2. The fourth-order valence-electron chi connectivity index (χ4n) is 3.89. The first-order chi connectivity index (χ1) is 15.1. The molecule has 3 aromatic heterocycles. The SMILES string of the molecule is COc1ccc2[nH]cc(CCNc3nc(N)c(C)c(-c4ccc5cc[nH]c5c4)n3)c2c1. The highest BCUT2D eigenvalue weighted by Gasteiger charge is 2.12. The average molecular weight is 412 g/mol. The summed E-state index contributed by atoms with van der Waals surface area (Å²) in [7, 11) is 1.68. The quantitative estimate of drug-likeness (QED) is 0.325. The van der Waals surface area contributed by atoms with Crippen LogP contribution in [0.2, 0.25) is 0 Å². The number of fused-ring (bicyclic) bond motifs is 2. The Balaban J connectivity index is 1.37. The van der Waals surface area contributed by atoms with Gasteiger partial charge in [-0.25, -0.2) is 4.98 Å². The third kappa shape index (κ3) is 3.54. The monoisotopic (exact) mass is 412 g/mol. The molecule has 0 amide bonds. The smallest absolute Gasteiger partial charge is 0.225 e. The largest absolute Gasteiger partial charge is 0.497 e. The van der Waals surface area contributed by atoms with E-state index in [9.17, 15) is 0 Å². The van der Waals surface area contributed by atoms with Gasteiger partial charge in [0.25, 0.3) is 0 Å². The van der Waals surface area contributed by atoms with Crippen LogP contribution in [0.1, 0.15) is 11.1 Å². The number of nitrogens with one attached hydrogen (secondary N) is 3. The molecule has 0 bridgehead atoms. The zero-order chi connectivity index (χ0) is 21.4. The van der Waals surface area contributed by atoms with Crippen LogP contribution in [-0.4, -0.2) is 33.6 Å². The first-order valence-electron chi connectivity index (χ1n) is 10.2. The molecular formula is C24H24N6O. The Kier molecular flexibility index (Phi) is 4.71. The zero-order valence-corrected chi connectivity index (χ0v) is 17.5. The summed E-state index contributed by atoms with van der Waals surface area (Å²) in [4.78, 5) is 15.8. The van der Waals surface area contributed by atoms with Gasteiger partial charge in [0.1, 0.15) is 11.6 Å². The van der Waals surface area contributed by atoms with Gasteiger partial charge < -0.3 is 25.8 Å². The summed E-state index contributed by atoms with van der Waals surface area (Å²) in [5, 5.41) is 5.65. The maximum Gasteiger partial charge on any atom is 0.225 e. The number of H-pyrrole nitrogens is 2. The Hall–Kier alpha value is -4.00. The minimum atomic E-state index is 0.482. The van der Waals surface area contributed by atoms with Gasteiger partial charge in [-0.3, -0.25) is 0 Å². The van der Waals surface area contributed by atoms with E-state index in [4.69, 9.17) is 15.5 Å². The maximum absolute atomic E-state index is 6.21. The first-order valence-corrected chi connectivity index (χ1v) is 10.2. The summed E-state index contributed by atoms with van der Waals surface area (Å²) < 4.78 is 5.36. The lowest BCUT2D eigenvalue weighted by molar-refractivity contribution is 0.415. The van der Waals surface area contributed by atoms with Crippen molar-refractivity contribution in [3.05, 3.63) is 66.0 Å². The second kappa shape index (κ2) is 7.68. The minimum absolute atomic E-state index is 0.482. The molecule has 3 heterocycles. The number of nitrogens with two attached hydrogens (primary N) is 1. The van der Waals surface area contributed by atoms with Crippen LogP contribution >= 0.6 is 0 Å². The van der Waals surface area contributed by atoms with Crippen molar-refractivity contribution in [2.45, 2.75) is 13.3 Å². The van der Waals surface area contributed by atoms with Crippen molar-refractivity contribution in [2.75, 3.05) is 24.7 Å². The molecule has 0 unspecified atom stereocenters. The third-order valence-electron chi connectivity index (χ3n) is 5.66. The zero-order valence-electron chi connectivity index (χ0n) is 17.5. The lowest BCUT2D eigenvalue weighted by Crippen LogP contribution is -2.10. The van der Waals surface area contributed by atoms with E-state index in [1.165, 1.54) is 5.56 Å². The molecule has 0 aliphatic carbocycles. The number of ether oxygens (including phenoxy) is 1. The van der Waals surface area contributed by atoms with Crippen LogP contribution in [0, 0.1) is 6.92 Å². The maximum atomic E-state index is 6.21. The molecule has 0 atom stereocenters. The summed E-state index contributed by atoms with van der Waals surface area (Å²) in [6.07, 6.45) is 4.78. The Morgan fingerprint density at radius 2 is 1.94 bits per heavy atom. The number of rotatable bonds is 6. The lowest BCUT2D eigenvalue weighted by Gasteiger charge is -2.12. The normalized spacial score (nSPS) is 11.3. The van der Waals surface area contributed by atoms with E-state index >= 15 is 0 Å². The second-order valence-electron chi connectivity index (χ2n) is 7.59. The topological polar surface area (TPSA) is 105 Å². The number of nitrogen functional groups attached to an aromatic ring is 1. The molecule has 7 nitrogen and oxygen atoms in total. The van der Waals surface area contributed by atoms with Gasteiger partial charge in [-0.2, -0.15) is 4.98 Å². The second-order valence-corrected chi connectivity index (χ2v) is 7.59. The van der Waals surface area contributed by atoms with Gasteiger partial charge in [0.2, 0.25) is 5.95 Å². The molecule has 156 valence electrons. The van der Waals surface area contributed by atoms with Crippen LogP contribution in [0.4, 0.5) is 11.8 Å². The number of nitrogens with zero attached hydrogens (tertiary/aromatic N) is 2. The molecular weight excluding hydrogens is 388 g/mol. The van der Waals surface area contributed by atoms with Crippen molar-refractivity contribution in [3.8, 4) is 17.0 Å². The number of benzene rings is 2. The summed E-state index contributed by atoms with van der Waals surface area (Å²) in [5.41, 5.74) is 12.3. The van der Waals surface area contributed by atoms with Gasteiger partial charge in [-0.15, -0.1) is 0 Å². The number of methoxy groups -OCH3 is 1. The summed E-state index contributed by atoms with van der Waals surface area (Å²) >= 11 is 0. The number of hydrogen-bond donors (Lipinski definition) is 4. The predicted octanol–water partition coefficient (Wildman–Crippen LogP) is 4.66. The summed E-state index contributed by atoms with van der Waals surface area (Å²) in [6.45, 7) is 2.63. The Morgan fingerprint density at radius 3 is 2.81 bits per heavy atom. The number of aromatic amines is 2. The average Bonchev–Trinajstić information content (AvgIpc) is 3.42. The molecule has 0 saturated heterocycles. The van der Waals surface area contributed by atoms with Gasteiger partial charge in [-0.1, -0.05) is 12.1 Å². The molecule has 0 aliphatic heterocycles. The molecule has 0 saturated carbocycles. The van der Waals surface area contributed by atoms with Gasteiger partial charge in [0.05, 0.1) is 12.8 Å². The van der Waals surface area contributed by atoms with Gasteiger partial charge in [0.15, 0.2) is 0 Å². The van der Waals surface area contributed by atoms with Gasteiger partial charge >= 0.3 is 0 Å². The number of aromatic nitrogens is 4. The minimum Gasteiger partial charge on any atom is -0.497 e. The molecule has 0 aliphatic rings. The number of hydrogen-bond acceptors (Lipinski definition) is 5. The van der Waals surface area contributed by atoms with E-state index in [1.54, 1.807) is 7.11 Å². The summed E-state index contributed by atoms with van der Waals surface area (Å²) in [6, 6.07) is 14.3. The highest BCUT2D eigenvalue weighted by Crippen LogP contribution is 2.28. The van der Waals surface area contributed by atoms with Crippen molar-refractivity contribution < 1.29 is 4.74 Å². The fraction of sp³-hybridized carbons (Fsp3) is 0.167. The van der Waals surface area contributed by atoms with E-state index in [2.05, 4.69) is 44.5 Å². The van der Waals surface area contributed by atoms with Crippen LogP contribution in [0.3, 0.4) is 0 Å². The molecule has 0 radical (unpaired) electrons. The van der Waals surface area contributed by atoms with Crippen LogP contribution in [0.25, 0.3) is 33.1 Å². The van der Waals surface area contributed by atoms with E-state index < -0.39 is 0 Å². The first kappa shape index (κ1) is 19.0. The summed E-state index contributed by atoms with van der Waals surface area (Å²) in [5.74, 6) is 1.86. The van der Waals surface area contributed by atoms with E-state index in [-0.39, 0.29) is 0 Å². The molecule has 31 heavy (non-hydrogen) atoms. The van der Waals surface area contributed by atoms with Gasteiger partial charge in [-0.05, 0) is 54.6 Å². The Labute approximate surface area is 179 Å². The van der Waals surface area contributed by atoms with E-state index in [0.717, 1.165) is 50.8 Å². The highest BCUT2D eigenvalue weighted by atomic mass is 16.5. The van der Waals surface area contributed by atoms with Crippen molar-refractivity contribution in [3.63, 3.8) is 0 Å². The molecule has 7 heteroatoms. The highest BCUT2D eigenvalue weighted by molar-refractivity contribution is 5.86. The van der Waals surface area contributed by atoms with Crippen molar-refractivity contribution in [1.29, 1.82) is 0 Å².